The van der Waals surface area contributed by atoms with Gasteiger partial charge in [0.05, 0.1) is 10.0 Å². The zero-order valence-corrected chi connectivity index (χ0v) is 12.8. The Morgan fingerprint density at radius 1 is 0.947 bits per heavy atom. The van der Waals surface area contributed by atoms with Crippen molar-refractivity contribution in [3.05, 3.63) is 57.0 Å². The minimum atomic E-state index is 0.533. The average Bonchev–Trinajstić information content (AvgIpc) is 2.40. The van der Waals surface area contributed by atoms with E-state index in [9.17, 15) is 0 Å². The molecule has 0 saturated heterocycles. The summed E-state index contributed by atoms with van der Waals surface area (Å²) in [5, 5.41) is 5.01. The maximum absolute atomic E-state index is 6.34. The Balaban J connectivity index is 2.38. The minimum Gasteiger partial charge on any atom is -0.313 e. The molecule has 0 atom stereocenters. The van der Waals surface area contributed by atoms with E-state index in [0.717, 1.165) is 29.8 Å². The second kappa shape index (κ2) is 6.62. The lowest BCUT2D eigenvalue weighted by atomic mass is 10.0. The molecule has 1 N–H and O–H groups in total. The Bertz CT molecular complexity index is 582. The summed E-state index contributed by atoms with van der Waals surface area (Å²) in [5.74, 6) is 0. The van der Waals surface area contributed by atoms with Gasteiger partial charge in [-0.25, -0.2) is 0 Å². The number of nitrogens with one attached hydrogen (secondary N) is 1. The maximum atomic E-state index is 6.34. The van der Waals surface area contributed by atoms with E-state index < -0.39 is 0 Å². The molecule has 0 unspecified atom stereocenters. The Morgan fingerprint density at radius 3 is 2.42 bits per heavy atom. The molecule has 0 aliphatic rings. The van der Waals surface area contributed by atoms with Crippen LogP contribution < -0.4 is 5.32 Å². The van der Waals surface area contributed by atoms with Gasteiger partial charge < -0.3 is 5.32 Å². The fraction of sp³-hybridized carbons (Fsp3) is 0.200. The van der Waals surface area contributed by atoms with E-state index in [1.165, 1.54) is 0 Å². The monoisotopic (exact) mass is 313 g/mol. The van der Waals surface area contributed by atoms with Gasteiger partial charge in [0.25, 0.3) is 0 Å². The highest BCUT2D eigenvalue weighted by Crippen LogP contribution is 2.37. The summed E-state index contributed by atoms with van der Waals surface area (Å²) in [6, 6.07) is 11.5. The third-order valence-electron chi connectivity index (χ3n) is 2.85. The summed E-state index contributed by atoms with van der Waals surface area (Å²) in [4.78, 5) is 0. The van der Waals surface area contributed by atoms with Crippen molar-refractivity contribution in [2.45, 2.75) is 13.5 Å². The van der Waals surface area contributed by atoms with Crippen LogP contribution in [0.2, 0.25) is 15.1 Å². The number of hydrogen-bond acceptors (Lipinski definition) is 1. The molecule has 2 aromatic rings. The van der Waals surface area contributed by atoms with Gasteiger partial charge in [-0.2, -0.15) is 0 Å². The Morgan fingerprint density at radius 2 is 1.74 bits per heavy atom. The highest BCUT2D eigenvalue weighted by molar-refractivity contribution is 6.44. The summed E-state index contributed by atoms with van der Waals surface area (Å²) >= 11 is 18.6. The van der Waals surface area contributed by atoms with Crippen LogP contribution in [-0.4, -0.2) is 6.54 Å². The SMILES string of the molecule is CCNCc1ccc(-c2cccc(Cl)c2Cl)c(Cl)c1. The molecule has 0 aliphatic carbocycles. The lowest BCUT2D eigenvalue weighted by molar-refractivity contribution is 0.727. The molecule has 1 nitrogen and oxygen atoms in total. The molecule has 0 radical (unpaired) electrons. The van der Waals surface area contributed by atoms with Crippen LogP contribution >= 0.6 is 34.8 Å². The van der Waals surface area contributed by atoms with Crippen LogP contribution in [0, 0.1) is 0 Å². The predicted molar refractivity (Wildman–Crippen MR) is 84.3 cm³/mol. The highest BCUT2D eigenvalue weighted by atomic mass is 35.5. The Labute approximate surface area is 128 Å². The molecule has 0 aromatic heterocycles. The topological polar surface area (TPSA) is 12.0 Å². The predicted octanol–water partition coefficient (Wildman–Crippen LogP) is 5.42. The lowest BCUT2D eigenvalue weighted by Crippen LogP contribution is -2.11. The quantitative estimate of drug-likeness (QED) is 0.794. The second-order valence-corrected chi connectivity index (χ2v) is 5.39. The second-order valence-electron chi connectivity index (χ2n) is 4.20. The molecule has 0 saturated carbocycles. The maximum Gasteiger partial charge on any atom is 0.0671 e. The summed E-state index contributed by atoms with van der Waals surface area (Å²) in [7, 11) is 0. The molecule has 0 fully saturated rings. The van der Waals surface area contributed by atoms with Crippen molar-refractivity contribution in [1.29, 1.82) is 0 Å². The third-order valence-corrected chi connectivity index (χ3v) is 3.99. The van der Waals surface area contributed by atoms with Gasteiger partial charge in [-0.3, -0.25) is 0 Å². The van der Waals surface area contributed by atoms with Crippen molar-refractivity contribution in [3.63, 3.8) is 0 Å². The largest absolute Gasteiger partial charge is 0.313 e. The zero-order chi connectivity index (χ0) is 13.8. The van der Waals surface area contributed by atoms with Gasteiger partial charge in [0.2, 0.25) is 0 Å². The molecular formula is C15H14Cl3N. The summed E-state index contributed by atoms with van der Waals surface area (Å²) in [6.07, 6.45) is 0. The average molecular weight is 315 g/mol. The molecular weight excluding hydrogens is 301 g/mol. The van der Waals surface area contributed by atoms with Crippen LogP contribution in [0.1, 0.15) is 12.5 Å². The fourth-order valence-corrected chi connectivity index (χ4v) is 2.58. The summed E-state index contributed by atoms with van der Waals surface area (Å²) in [6.45, 7) is 3.81. The number of rotatable bonds is 4. The molecule has 4 heteroatoms. The molecule has 2 rings (SSSR count). The van der Waals surface area contributed by atoms with E-state index in [-0.39, 0.29) is 0 Å². The van der Waals surface area contributed by atoms with Crippen molar-refractivity contribution in [2.24, 2.45) is 0 Å². The fourth-order valence-electron chi connectivity index (χ4n) is 1.87. The van der Waals surface area contributed by atoms with E-state index in [4.69, 9.17) is 34.8 Å². The van der Waals surface area contributed by atoms with Gasteiger partial charge in [0.1, 0.15) is 0 Å². The molecule has 0 spiro atoms. The molecule has 0 heterocycles. The van der Waals surface area contributed by atoms with Crippen LogP contribution in [0.15, 0.2) is 36.4 Å². The molecule has 0 aliphatic heterocycles. The van der Waals surface area contributed by atoms with Crippen LogP contribution in [-0.2, 0) is 6.54 Å². The van der Waals surface area contributed by atoms with E-state index in [2.05, 4.69) is 12.2 Å². The van der Waals surface area contributed by atoms with Crippen LogP contribution in [0.3, 0.4) is 0 Å². The first-order valence-electron chi connectivity index (χ1n) is 6.07. The number of hydrogen-bond donors (Lipinski definition) is 1. The normalized spacial score (nSPS) is 10.7. The van der Waals surface area contributed by atoms with Gasteiger partial charge in [-0.1, -0.05) is 66.0 Å². The number of benzene rings is 2. The Kier molecular flexibility index (Phi) is 5.12. The zero-order valence-electron chi connectivity index (χ0n) is 10.5. The highest BCUT2D eigenvalue weighted by Gasteiger charge is 2.10. The molecule has 100 valence electrons. The first kappa shape index (κ1) is 14.7. The van der Waals surface area contributed by atoms with E-state index in [1.54, 1.807) is 6.07 Å². The van der Waals surface area contributed by atoms with Gasteiger partial charge in [0, 0.05) is 22.7 Å². The lowest BCUT2D eigenvalue weighted by Gasteiger charge is -2.10. The van der Waals surface area contributed by atoms with Crippen molar-refractivity contribution in [1.82, 2.24) is 5.32 Å². The minimum absolute atomic E-state index is 0.533. The summed E-state index contributed by atoms with van der Waals surface area (Å²) < 4.78 is 0. The molecule has 19 heavy (non-hydrogen) atoms. The van der Waals surface area contributed by atoms with Gasteiger partial charge in [-0.15, -0.1) is 0 Å². The Hall–Kier alpha value is -0.730. The van der Waals surface area contributed by atoms with Crippen LogP contribution in [0.4, 0.5) is 0 Å². The smallest absolute Gasteiger partial charge is 0.0671 e. The standard InChI is InChI=1S/C15H14Cl3N/c1-2-19-9-10-6-7-11(14(17)8-10)12-4-3-5-13(16)15(12)18/h3-8,19H,2,9H2,1H3. The third kappa shape index (κ3) is 3.43. The van der Waals surface area contributed by atoms with Crippen molar-refractivity contribution in [3.8, 4) is 11.1 Å². The van der Waals surface area contributed by atoms with E-state index in [1.807, 2.05) is 30.3 Å². The van der Waals surface area contributed by atoms with Crippen LogP contribution in [0.25, 0.3) is 11.1 Å². The molecule has 0 bridgehead atoms. The van der Waals surface area contributed by atoms with Gasteiger partial charge in [0.15, 0.2) is 0 Å². The first-order chi connectivity index (χ1) is 9.13. The summed E-state index contributed by atoms with van der Waals surface area (Å²) in [5.41, 5.74) is 2.90. The molecule has 0 amide bonds. The first-order valence-corrected chi connectivity index (χ1v) is 7.20. The van der Waals surface area contributed by atoms with E-state index >= 15 is 0 Å². The van der Waals surface area contributed by atoms with Crippen molar-refractivity contribution in [2.75, 3.05) is 6.54 Å². The van der Waals surface area contributed by atoms with Crippen molar-refractivity contribution < 1.29 is 0 Å². The van der Waals surface area contributed by atoms with E-state index in [0.29, 0.717) is 15.1 Å². The van der Waals surface area contributed by atoms with Crippen molar-refractivity contribution >= 4 is 34.8 Å². The molecule has 2 aromatic carbocycles. The van der Waals surface area contributed by atoms with Gasteiger partial charge >= 0.3 is 0 Å². The number of halogens is 3. The van der Waals surface area contributed by atoms with Crippen LogP contribution in [0.5, 0.6) is 0 Å². The van der Waals surface area contributed by atoms with Gasteiger partial charge in [-0.05, 0) is 24.2 Å².